The minimum Gasteiger partial charge on any atom is -0.492 e. The van der Waals surface area contributed by atoms with Crippen LogP contribution < -0.4 is 4.84 Å². The van der Waals surface area contributed by atoms with Crippen molar-refractivity contribution in [3.63, 3.8) is 0 Å². The Kier molecular flexibility index (Phi) is 9.62. The monoisotopic (exact) mass is 329 g/mol. The van der Waals surface area contributed by atoms with E-state index in [2.05, 4.69) is 6.26 Å². The Morgan fingerprint density at radius 1 is 1.00 bits per heavy atom. The Bertz CT molecular complexity index is 414. The molecule has 0 aromatic carbocycles. The number of unbranched alkanes of at least 4 members (excludes halogenated alkanes) is 7. The highest BCUT2D eigenvalue weighted by Gasteiger charge is 2.11. The van der Waals surface area contributed by atoms with Crippen molar-refractivity contribution < 1.29 is 19.8 Å². The molecule has 0 saturated carbocycles. The highest BCUT2D eigenvalue weighted by atomic mass is 32.2. The number of carbonyl (C=O) groups is 1. The number of hydrogen-bond acceptors (Lipinski definition) is 5. The topological polar surface area (TPSA) is 71.7 Å². The van der Waals surface area contributed by atoms with Crippen molar-refractivity contribution in [3.05, 3.63) is 12.1 Å². The first-order valence-electron chi connectivity index (χ1n) is 7.95. The number of nitrogens with zero attached hydrogens (tertiary/aromatic N) is 1. The molecule has 22 heavy (non-hydrogen) atoms. The molecule has 1 aromatic rings. The number of aromatic nitrogens is 1. The quantitative estimate of drug-likeness (QED) is 0.572. The van der Waals surface area contributed by atoms with Gasteiger partial charge in [-0.05, 0) is 24.9 Å². The Morgan fingerprint density at radius 3 is 2.05 bits per heavy atom. The third-order valence-electron chi connectivity index (χ3n) is 3.47. The van der Waals surface area contributed by atoms with Gasteiger partial charge in [0.2, 0.25) is 11.8 Å². The van der Waals surface area contributed by atoms with Crippen molar-refractivity contribution in [2.45, 2.75) is 57.8 Å². The van der Waals surface area contributed by atoms with Crippen LogP contribution in [0.3, 0.4) is 0 Å². The third kappa shape index (κ3) is 7.64. The van der Waals surface area contributed by atoms with E-state index in [4.69, 9.17) is 4.84 Å². The van der Waals surface area contributed by atoms with Crippen molar-refractivity contribution in [2.24, 2.45) is 0 Å². The Balaban J connectivity index is 1.97. The molecule has 0 aliphatic heterocycles. The Hall–Kier alpha value is -1.30. The molecule has 1 aromatic heterocycles. The van der Waals surface area contributed by atoms with Crippen LogP contribution in [0.4, 0.5) is 0 Å². The fourth-order valence-electron chi connectivity index (χ4n) is 2.22. The van der Waals surface area contributed by atoms with Crippen LogP contribution >= 0.6 is 11.8 Å². The zero-order chi connectivity index (χ0) is 16.2. The van der Waals surface area contributed by atoms with Gasteiger partial charge in [0.15, 0.2) is 0 Å². The number of hydrogen-bond donors (Lipinski definition) is 2. The first kappa shape index (κ1) is 18.7. The van der Waals surface area contributed by atoms with Gasteiger partial charge in [-0.1, -0.05) is 38.5 Å². The van der Waals surface area contributed by atoms with Gasteiger partial charge in [0, 0.05) is 18.6 Å². The van der Waals surface area contributed by atoms with E-state index in [9.17, 15) is 15.0 Å². The first-order chi connectivity index (χ1) is 10.6. The fraction of sp³-hybridized carbons (Fsp3) is 0.688. The highest BCUT2D eigenvalue weighted by Crippen LogP contribution is 2.19. The molecule has 0 atom stereocenters. The van der Waals surface area contributed by atoms with Crippen LogP contribution in [0.2, 0.25) is 0 Å². The average molecular weight is 329 g/mol. The molecule has 0 spiro atoms. The van der Waals surface area contributed by atoms with E-state index in [0.717, 1.165) is 24.0 Å². The summed E-state index contributed by atoms with van der Waals surface area (Å²) in [6.07, 6.45) is 11.8. The van der Waals surface area contributed by atoms with E-state index in [-0.39, 0.29) is 11.8 Å². The number of carbonyl (C=O) groups excluding carboxylic acids is 1. The largest absolute Gasteiger partial charge is 0.492 e. The van der Waals surface area contributed by atoms with Gasteiger partial charge in [-0.3, -0.25) is 0 Å². The Labute approximate surface area is 136 Å². The summed E-state index contributed by atoms with van der Waals surface area (Å²) >= 11 is 1.91. The predicted molar refractivity (Wildman–Crippen MR) is 89.3 cm³/mol. The summed E-state index contributed by atoms with van der Waals surface area (Å²) in [4.78, 5) is 16.5. The molecular weight excluding hydrogens is 302 g/mol. The summed E-state index contributed by atoms with van der Waals surface area (Å²) in [5, 5.41) is 18.7. The van der Waals surface area contributed by atoms with Crippen LogP contribution in [0, 0.1) is 0 Å². The van der Waals surface area contributed by atoms with E-state index in [0.29, 0.717) is 6.42 Å². The minimum atomic E-state index is -0.445. The van der Waals surface area contributed by atoms with Crippen LogP contribution in [0.15, 0.2) is 12.1 Å². The summed E-state index contributed by atoms with van der Waals surface area (Å²) in [5.41, 5.74) is 0. The molecule has 5 nitrogen and oxygen atoms in total. The molecule has 1 rings (SSSR count). The van der Waals surface area contributed by atoms with Gasteiger partial charge < -0.3 is 15.1 Å². The lowest BCUT2D eigenvalue weighted by Gasteiger charge is -2.06. The van der Waals surface area contributed by atoms with Gasteiger partial charge in [0.05, 0.1) is 0 Å². The summed E-state index contributed by atoms with van der Waals surface area (Å²) in [7, 11) is 0. The van der Waals surface area contributed by atoms with Gasteiger partial charge in [0.25, 0.3) is 0 Å². The zero-order valence-corrected chi connectivity index (χ0v) is 14.1. The molecular formula is C16H27NO4S. The molecule has 126 valence electrons. The van der Waals surface area contributed by atoms with Gasteiger partial charge >= 0.3 is 5.97 Å². The lowest BCUT2D eigenvalue weighted by atomic mass is 10.1. The normalized spacial score (nSPS) is 10.8. The number of aromatic hydroxyl groups is 2. The van der Waals surface area contributed by atoms with Crippen LogP contribution in [0.1, 0.15) is 57.8 Å². The molecule has 6 heteroatoms. The molecule has 0 fully saturated rings. The maximum Gasteiger partial charge on any atom is 0.333 e. The van der Waals surface area contributed by atoms with E-state index >= 15 is 0 Å². The lowest BCUT2D eigenvalue weighted by Crippen LogP contribution is -2.18. The van der Waals surface area contributed by atoms with Crippen molar-refractivity contribution in [2.75, 3.05) is 12.0 Å². The maximum absolute atomic E-state index is 11.6. The zero-order valence-electron chi connectivity index (χ0n) is 13.3. The SMILES string of the molecule is CSCCCCCCCCCCC(=O)On1c(O)ccc1O. The number of rotatable bonds is 12. The summed E-state index contributed by atoms with van der Waals surface area (Å²) < 4.78 is 0.733. The molecule has 0 saturated heterocycles. The molecule has 0 amide bonds. The molecule has 0 aliphatic rings. The second-order valence-corrected chi connectivity index (χ2v) is 6.36. The van der Waals surface area contributed by atoms with E-state index < -0.39 is 5.97 Å². The molecule has 2 N–H and O–H groups in total. The van der Waals surface area contributed by atoms with Gasteiger partial charge in [-0.25, -0.2) is 4.79 Å². The molecule has 0 aliphatic carbocycles. The summed E-state index contributed by atoms with van der Waals surface area (Å²) in [6, 6.07) is 2.53. The van der Waals surface area contributed by atoms with Crippen molar-refractivity contribution in [3.8, 4) is 11.8 Å². The van der Waals surface area contributed by atoms with E-state index in [1.165, 1.54) is 50.0 Å². The molecule has 1 heterocycles. The van der Waals surface area contributed by atoms with Gasteiger partial charge in [-0.2, -0.15) is 11.8 Å². The van der Waals surface area contributed by atoms with Gasteiger partial charge in [0.1, 0.15) is 0 Å². The first-order valence-corrected chi connectivity index (χ1v) is 9.34. The number of thioether (sulfide) groups is 1. The smallest absolute Gasteiger partial charge is 0.333 e. The lowest BCUT2D eigenvalue weighted by molar-refractivity contribution is -0.145. The highest BCUT2D eigenvalue weighted by molar-refractivity contribution is 7.98. The van der Waals surface area contributed by atoms with Crippen LogP contribution in [-0.4, -0.2) is 32.9 Å². The fourth-order valence-corrected chi connectivity index (χ4v) is 2.71. The van der Waals surface area contributed by atoms with Crippen molar-refractivity contribution >= 4 is 17.7 Å². The van der Waals surface area contributed by atoms with E-state index in [1.54, 1.807) is 0 Å². The van der Waals surface area contributed by atoms with Crippen LogP contribution in [0.25, 0.3) is 0 Å². The predicted octanol–water partition coefficient (Wildman–Crippen LogP) is 3.73. The standard InChI is InChI=1S/C16H27NO4S/c1-22-13-9-7-5-3-2-4-6-8-10-16(20)21-17-14(18)11-12-15(17)19/h11-12,18-19H,2-10,13H2,1H3. The van der Waals surface area contributed by atoms with Crippen LogP contribution in [0.5, 0.6) is 11.8 Å². The third-order valence-corrected chi connectivity index (χ3v) is 4.17. The van der Waals surface area contributed by atoms with Crippen molar-refractivity contribution in [1.82, 2.24) is 4.73 Å². The van der Waals surface area contributed by atoms with Crippen molar-refractivity contribution in [1.29, 1.82) is 0 Å². The van der Waals surface area contributed by atoms with Gasteiger partial charge in [-0.15, -0.1) is 4.73 Å². The minimum absolute atomic E-state index is 0.285. The summed E-state index contributed by atoms with van der Waals surface area (Å²) in [6.45, 7) is 0. The molecule has 0 radical (unpaired) electrons. The second kappa shape index (κ2) is 11.3. The Morgan fingerprint density at radius 2 is 1.50 bits per heavy atom. The van der Waals surface area contributed by atoms with E-state index in [1.807, 2.05) is 11.8 Å². The van der Waals surface area contributed by atoms with Crippen LogP contribution in [-0.2, 0) is 4.79 Å². The molecule has 0 unspecified atom stereocenters. The maximum atomic E-state index is 11.6. The summed E-state index contributed by atoms with van der Waals surface area (Å²) in [5.74, 6) is 0.243. The molecule has 0 bridgehead atoms. The average Bonchev–Trinajstić information content (AvgIpc) is 2.81. The second-order valence-electron chi connectivity index (χ2n) is 5.38.